The highest BCUT2D eigenvalue weighted by Gasteiger charge is 2.11. The summed E-state index contributed by atoms with van der Waals surface area (Å²) < 4.78 is 0. The number of aliphatic imine (C=N–C) groups is 1. The minimum absolute atomic E-state index is 0.498. The summed E-state index contributed by atoms with van der Waals surface area (Å²) in [5.41, 5.74) is 8.32. The molecule has 0 aliphatic carbocycles. The highest BCUT2D eigenvalue weighted by atomic mass is 15.2. The Kier molecular flexibility index (Phi) is 6.86. The summed E-state index contributed by atoms with van der Waals surface area (Å²) in [5, 5.41) is 3.20. The fourth-order valence-corrected chi connectivity index (χ4v) is 2.80. The highest BCUT2D eigenvalue weighted by molar-refractivity contribution is 5.92. The summed E-state index contributed by atoms with van der Waals surface area (Å²) in [6.07, 6.45) is 1.23. The predicted molar refractivity (Wildman–Crippen MR) is 99.2 cm³/mol. The van der Waals surface area contributed by atoms with E-state index in [2.05, 4.69) is 59.2 Å². The summed E-state index contributed by atoms with van der Waals surface area (Å²) in [7, 11) is 2.19. The van der Waals surface area contributed by atoms with E-state index in [-0.39, 0.29) is 0 Å². The summed E-state index contributed by atoms with van der Waals surface area (Å²) in [6, 6.07) is 8.36. The molecule has 1 aliphatic heterocycles. The van der Waals surface area contributed by atoms with Crippen LogP contribution in [0, 0.1) is 0 Å². The van der Waals surface area contributed by atoms with Gasteiger partial charge in [0.2, 0.25) is 0 Å². The van der Waals surface area contributed by atoms with Gasteiger partial charge in [0.1, 0.15) is 0 Å². The first-order chi connectivity index (χ1) is 11.0. The van der Waals surface area contributed by atoms with Gasteiger partial charge in [0.25, 0.3) is 0 Å². The van der Waals surface area contributed by atoms with E-state index in [1.807, 2.05) is 6.07 Å². The molecule has 0 atom stereocenters. The monoisotopic (exact) mass is 317 g/mol. The van der Waals surface area contributed by atoms with Crippen LogP contribution in [0.4, 0.5) is 5.69 Å². The van der Waals surface area contributed by atoms with Gasteiger partial charge in [-0.2, -0.15) is 0 Å². The number of nitrogens with one attached hydrogen (secondary N) is 1. The maximum Gasteiger partial charge on any atom is 0.193 e. The van der Waals surface area contributed by atoms with Crippen molar-refractivity contribution < 1.29 is 0 Å². The maximum atomic E-state index is 6.01. The van der Waals surface area contributed by atoms with E-state index < -0.39 is 0 Å². The smallest absolute Gasteiger partial charge is 0.193 e. The summed E-state index contributed by atoms with van der Waals surface area (Å²) >= 11 is 0. The number of hydrogen-bond donors (Lipinski definition) is 2. The van der Waals surface area contributed by atoms with E-state index in [0.29, 0.717) is 11.9 Å². The van der Waals surface area contributed by atoms with Crippen molar-refractivity contribution in [2.75, 3.05) is 51.6 Å². The maximum absolute atomic E-state index is 6.01. The molecule has 0 spiro atoms. The van der Waals surface area contributed by atoms with Crippen molar-refractivity contribution in [1.29, 1.82) is 0 Å². The molecule has 1 heterocycles. The third kappa shape index (κ3) is 6.20. The normalized spacial score (nSPS) is 18.2. The third-order valence-corrected chi connectivity index (χ3v) is 4.34. The van der Waals surface area contributed by atoms with E-state index in [4.69, 9.17) is 5.73 Å². The van der Waals surface area contributed by atoms with Crippen molar-refractivity contribution >= 4 is 11.6 Å². The summed E-state index contributed by atoms with van der Waals surface area (Å²) in [4.78, 5) is 9.33. The van der Waals surface area contributed by atoms with Crippen LogP contribution in [0.15, 0.2) is 29.3 Å². The predicted octanol–water partition coefficient (Wildman–Crippen LogP) is 2.17. The third-order valence-electron chi connectivity index (χ3n) is 4.34. The number of benzene rings is 1. The van der Waals surface area contributed by atoms with Gasteiger partial charge >= 0.3 is 0 Å². The van der Waals surface area contributed by atoms with E-state index in [1.54, 1.807) is 0 Å². The Balaban J connectivity index is 1.80. The van der Waals surface area contributed by atoms with Gasteiger partial charge in [-0.1, -0.05) is 26.0 Å². The van der Waals surface area contributed by atoms with Crippen LogP contribution in [0.1, 0.15) is 31.7 Å². The second kappa shape index (κ2) is 8.89. The van der Waals surface area contributed by atoms with Crippen LogP contribution in [0.3, 0.4) is 0 Å². The van der Waals surface area contributed by atoms with Gasteiger partial charge in [-0.25, -0.2) is 0 Å². The Morgan fingerprint density at radius 1 is 1.26 bits per heavy atom. The van der Waals surface area contributed by atoms with Gasteiger partial charge in [0.05, 0.1) is 6.54 Å². The SMILES string of the molecule is CC(C)c1cccc(NC(N)=NCCN2CCCN(C)CC2)c1. The minimum Gasteiger partial charge on any atom is -0.370 e. The Bertz CT molecular complexity index is 512. The van der Waals surface area contributed by atoms with Gasteiger partial charge in [0, 0.05) is 25.3 Å². The van der Waals surface area contributed by atoms with Crippen LogP contribution < -0.4 is 11.1 Å². The Labute approximate surface area is 140 Å². The van der Waals surface area contributed by atoms with Gasteiger partial charge in [-0.3, -0.25) is 4.99 Å². The quantitative estimate of drug-likeness (QED) is 0.645. The molecule has 128 valence electrons. The molecule has 3 N–H and O–H groups in total. The lowest BCUT2D eigenvalue weighted by Crippen LogP contribution is -2.32. The van der Waals surface area contributed by atoms with Gasteiger partial charge in [-0.15, -0.1) is 0 Å². The van der Waals surface area contributed by atoms with Crippen LogP contribution in [0.2, 0.25) is 0 Å². The second-order valence-corrected chi connectivity index (χ2v) is 6.67. The zero-order valence-electron chi connectivity index (χ0n) is 14.8. The molecule has 1 fully saturated rings. The number of nitrogens with zero attached hydrogens (tertiary/aromatic N) is 3. The molecule has 0 aromatic heterocycles. The average Bonchev–Trinajstić information content (AvgIpc) is 2.72. The molecule has 1 aliphatic rings. The number of rotatable bonds is 5. The zero-order chi connectivity index (χ0) is 16.7. The number of nitrogens with two attached hydrogens (primary N) is 1. The van der Waals surface area contributed by atoms with Crippen LogP contribution in [-0.4, -0.2) is 62.1 Å². The summed E-state index contributed by atoms with van der Waals surface area (Å²) in [6.45, 7) is 10.7. The first-order valence-electron chi connectivity index (χ1n) is 8.62. The van der Waals surface area contributed by atoms with Crippen LogP contribution in [0.25, 0.3) is 0 Å². The van der Waals surface area contributed by atoms with Crippen molar-refractivity contribution in [2.24, 2.45) is 10.7 Å². The fourth-order valence-electron chi connectivity index (χ4n) is 2.80. The van der Waals surface area contributed by atoms with Crippen molar-refractivity contribution in [3.05, 3.63) is 29.8 Å². The molecule has 0 radical (unpaired) electrons. The van der Waals surface area contributed by atoms with E-state index >= 15 is 0 Å². The van der Waals surface area contributed by atoms with Gasteiger partial charge in [0.15, 0.2) is 5.96 Å². The minimum atomic E-state index is 0.498. The fraction of sp³-hybridized carbons (Fsp3) is 0.611. The lowest BCUT2D eigenvalue weighted by molar-refractivity contribution is 0.283. The number of anilines is 1. The van der Waals surface area contributed by atoms with Gasteiger partial charge < -0.3 is 20.9 Å². The summed E-state index contributed by atoms with van der Waals surface area (Å²) in [5.74, 6) is 1.01. The van der Waals surface area contributed by atoms with E-state index in [1.165, 1.54) is 18.5 Å². The lowest BCUT2D eigenvalue weighted by Gasteiger charge is -2.18. The first-order valence-corrected chi connectivity index (χ1v) is 8.62. The van der Waals surface area contributed by atoms with E-state index in [9.17, 15) is 0 Å². The standard InChI is InChI=1S/C18H31N5/c1-15(2)16-6-4-7-17(14-16)21-18(19)20-8-11-23-10-5-9-22(3)12-13-23/h4,6-7,14-15H,5,8-13H2,1-3H3,(H3,19,20,21). The molecule has 1 aromatic rings. The van der Waals surface area contributed by atoms with Crippen LogP contribution in [-0.2, 0) is 0 Å². The average molecular weight is 317 g/mol. The largest absolute Gasteiger partial charge is 0.370 e. The first kappa shape index (κ1) is 17.8. The van der Waals surface area contributed by atoms with Gasteiger partial charge in [-0.05, 0) is 50.2 Å². The number of hydrogen-bond acceptors (Lipinski definition) is 3. The molecule has 1 saturated heterocycles. The Morgan fingerprint density at radius 2 is 2.09 bits per heavy atom. The van der Waals surface area contributed by atoms with Crippen molar-refractivity contribution in [2.45, 2.75) is 26.2 Å². The topological polar surface area (TPSA) is 56.9 Å². The number of guanidine groups is 1. The Hall–Kier alpha value is -1.59. The molecule has 1 aromatic carbocycles. The molecular formula is C18H31N5. The molecule has 0 bridgehead atoms. The molecular weight excluding hydrogens is 286 g/mol. The highest BCUT2D eigenvalue weighted by Crippen LogP contribution is 2.18. The van der Waals surface area contributed by atoms with Crippen molar-refractivity contribution in [1.82, 2.24) is 9.80 Å². The molecule has 0 saturated carbocycles. The van der Waals surface area contributed by atoms with Crippen LogP contribution >= 0.6 is 0 Å². The molecule has 23 heavy (non-hydrogen) atoms. The molecule has 5 heteroatoms. The molecule has 2 rings (SSSR count). The molecule has 0 amide bonds. The Morgan fingerprint density at radius 3 is 2.87 bits per heavy atom. The van der Waals surface area contributed by atoms with Crippen molar-refractivity contribution in [3.8, 4) is 0 Å². The zero-order valence-corrected chi connectivity index (χ0v) is 14.8. The van der Waals surface area contributed by atoms with Crippen molar-refractivity contribution in [3.63, 3.8) is 0 Å². The van der Waals surface area contributed by atoms with E-state index in [0.717, 1.165) is 38.4 Å². The number of likely N-dealkylation sites (N-methyl/N-ethyl adjacent to an activating group) is 1. The molecule has 5 nitrogen and oxygen atoms in total. The molecule has 0 unspecified atom stereocenters. The lowest BCUT2D eigenvalue weighted by atomic mass is 10.0. The van der Waals surface area contributed by atoms with Crippen LogP contribution in [0.5, 0.6) is 0 Å². The second-order valence-electron chi connectivity index (χ2n) is 6.67.